The van der Waals surface area contributed by atoms with Crippen LogP contribution in [0.2, 0.25) is 0 Å². The first-order valence-corrected chi connectivity index (χ1v) is 8.30. The fourth-order valence-electron chi connectivity index (χ4n) is 3.13. The van der Waals surface area contributed by atoms with E-state index in [0.29, 0.717) is 18.9 Å². The number of fused-ring (bicyclic) bond motifs is 1. The number of nitrogens with one attached hydrogen (secondary N) is 1. The molecule has 1 aliphatic rings. The zero-order valence-corrected chi connectivity index (χ0v) is 14.3. The number of nitrogens with zero attached hydrogens (tertiary/aromatic N) is 4. The highest BCUT2D eigenvalue weighted by Crippen LogP contribution is 2.32. The van der Waals surface area contributed by atoms with Gasteiger partial charge in [0.2, 0.25) is 5.91 Å². The van der Waals surface area contributed by atoms with Crippen molar-refractivity contribution < 1.29 is 9.59 Å². The molecule has 3 N–H and O–H groups in total. The number of benzene rings is 1. The van der Waals surface area contributed by atoms with Crippen molar-refractivity contribution in [3.63, 3.8) is 0 Å². The number of primary amides is 1. The Morgan fingerprint density at radius 3 is 2.64 bits per heavy atom. The van der Waals surface area contributed by atoms with E-state index in [1.807, 2.05) is 48.9 Å². The number of hydrogen-bond donors (Lipinski definition) is 2. The van der Waals surface area contributed by atoms with E-state index in [9.17, 15) is 9.59 Å². The third-order valence-corrected chi connectivity index (χ3v) is 4.25. The fourth-order valence-corrected chi connectivity index (χ4v) is 3.13. The van der Waals surface area contributed by atoms with Crippen LogP contribution in [0.4, 0.5) is 4.79 Å². The van der Waals surface area contributed by atoms with Gasteiger partial charge >= 0.3 is 6.03 Å². The van der Waals surface area contributed by atoms with E-state index in [1.54, 1.807) is 4.90 Å². The Balaban J connectivity index is 1.90. The predicted octanol–water partition coefficient (Wildman–Crippen LogP) is 1.15. The van der Waals surface area contributed by atoms with Gasteiger partial charge in [0.05, 0.1) is 19.1 Å². The Bertz CT molecular complexity index is 771. The fraction of sp³-hybridized carbons (Fsp3) is 0.412. The van der Waals surface area contributed by atoms with E-state index in [2.05, 4.69) is 10.4 Å². The second kappa shape index (κ2) is 6.92. The summed E-state index contributed by atoms with van der Waals surface area (Å²) in [5.41, 5.74) is 6.01. The van der Waals surface area contributed by atoms with Crippen molar-refractivity contribution in [1.82, 2.24) is 25.0 Å². The lowest BCUT2D eigenvalue weighted by Crippen LogP contribution is -2.48. The Morgan fingerprint density at radius 1 is 1.28 bits per heavy atom. The minimum Gasteiger partial charge on any atom is -0.352 e. The normalized spacial score (nSPS) is 16.6. The smallest absolute Gasteiger partial charge is 0.312 e. The minimum atomic E-state index is -0.707. The topological polar surface area (TPSA) is 106 Å². The zero-order chi connectivity index (χ0) is 18.0. The summed E-state index contributed by atoms with van der Waals surface area (Å²) in [5, 5.41) is 6.96. The molecular weight excluding hydrogens is 320 g/mol. The van der Waals surface area contributed by atoms with Gasteiger partial charge in [-0.2, -0.15) is 5.10 Å². The van der Waals surface area contributed by atoms with Crippen LogP contribution in [0.5, 0.6) is 0 Å². The van der Waals surface area contributed by atoms with Crippen LogP contribution in [0, 0.1) is 5.92 Å². The van der Waals surface area contributed by atoms with Crippen molar-refractivity contribution in [2.45, 2.75) is 26.4 Å². The van der Waals surface area contributed by atoms with Crippen molar-refractivity contribution in [2.24, 2.45) is 11.7 Å². The van der Waals surface area contributed by atoms with Crippen molar-refractivity contribution in [3.8, 4) is 11.4 Å². The second-order valence-electron chi connectivity index (χ2n) is 6.38. The molecule has 0 saturated heterocycles. The monoisotopic (exact) mass is 342 g/mol. The first kappa shape index (κ1) is 16.9. The van der Waals surface area contributed by atoms with Crippen LogP contribution in [0.3, 0.4) is 0 Å². The summed E-state index contributed by atoms with van der Waals surface area (Å²) in [6.07, 6.45) is 0. The van der Waals surface area contributed by atoms with Gasteiger partial charge in [0, 0.05) is 12.1 Å². The molecule has 3 rings (SSSR count). The van der Waals surface area contributed by atoms with Gasteiger partial charge in [-0.05, 0) is 5.92 Å². The Kier molecular flexibility index (Phi) is 4.69. The Morgan fingerprint density at radius 2 is 2.00 bits per heavy atom. The van der Waals surface area contributed by atoms with Gasteiger partial charge in [0.1, 0.15) is 0 Å². The molecule has 132 valence electrons. The maximum atomic E-state index is 12.5. The molecule has 1 aromatic heterocycles. The van der Waals surface area contributed by atoms with Crippen LogP contribution in [-0.2, 0) is 11.3 Å². The molecule has 0 spiro atoms. The summed E-state index contributed by atoms with van der Waals surface area (Å²) in [6, 6.07) is 8.86. The Hall–Kier alpha value is -2.90. The number of carbonyl (C=O) groups is 2. The molecule has 1 aromatic carbocycles. The van der Waals surface area contributed by atoms with Crippen molar-refractivity contribution in [3.05, 3.63) is 36.2 Å². The van der Waals surface area contributed by atoms with E-state index in [-0.39, 0.29) is 24.4 Å². The third kappa shape index (κ3) is 3.47. The van der Waals surface area contributed by atoms with Crippen molar-refractivity contribution in [1.29, 1.82) is 0 Å². The molecule has 0 fully saturated rings. The molecule has 0 saturated carbocycles. The maximum Gasteiger partial charge on any atom is 0.312 e. The van der Waals surface area contributed by atoms with E-state index in [1.165, 1.54) is 0 Å². The van der Waals surface area contributed by atoms with Crippen LogP contribution in [0.15, 0.2) is 30.3 Å². The molecular formula is C17H22N6O2. The number of carbonyl (C=O) groups excluding carboxylic acids is 2. The zero-order valence-electron chi connectivity index (χ0n) is 14.3. The van der Waals surface area contributed by atoms with Gasteiger partial charge in [-0.15, -0.1) is 0 Å². The highest BCUT2D eigenvalue weighted by atomic mass is 16.2. The number of hydrogen-bond acceptors (Lipinski definition) is 4. The van der Waals surface area contributed by atoms with Gasteiger partial charge < -0.3 is 16.0 Å². The largest absolute Gasteiger partial charge is 0.352 e. The van der Waals surface area contributed by atoms with E-state index in [4.69, 9.17) is 10.7 Å². The first-order valence-electron chi connectivity index (χ1n) is 8.30. The molecule has 25 heavy (non-hydrogen) atoms. The Labute approximate surface area is 146 Å². The summed E-state index contributed by atoms with van der Waals surface area (Å²) in [6.45, 7) is 5.06. The third-order valence-electron chi connectivity index (χ3n) is 4.25. The second-order valence-corrected chi connectivity index (χ2v) is 6.38. The summed E-state index contributed by atoms with van der Waals surface area (Å²) in [4.78, 5) is 29.8. The molecule has 8 nitrogen and oxygen atoms in total. The molecule has 1 aliphatic heterocycles. The number of urea groups is 1. The van der Waals surface area contributed by atoms with Crippen LogP contribution in [0.1, 0.15) is 25.7 Å². The maximum absolute atomic E-state index is 12.5. The van der Waals surface area contributed by atoms with Crippen LogP contribution in [0.25, 0.3) is 11.4 Å². The lowest BCUT2D eigenvalue weighted by molar-refractivity contribution is -0.135. The standard InChI is InChI=1S/C17H22N6O2/c1-11(2)14-16-20-15(12-6-4-3-5-7-12)21-23(16)9-8-22(14)13(24)10-19-17(18)25/h3-7,11,14H,8-10H2,1-2H3,(H3,18,19,25)/t14-/m0/s1. The molecule has 0 aliphatic carbocycles. The molecule has 1 atom stereocenters. The van der Waals surface area contributed by atoms with Crippen molar-refractivity contribution in [2.75, 3.05) is 13.1 Å². The molecule has 2 aromatic rings. The van der Waals surface area contributed by atoms with Gasteiger partial charge in [-0.3, -0.25) is 4.79 Å². The number of nitrogens with two attached hydrogens (primary N) is 1. The number of aromatic nitrogens is 3. The molecule has 8 heteroatoms. The lowest BCUT2D eigenvalue weighted by atomic mass is 9.99. The van der Waals surface area contributed by atoms with Crippen molar-refractivity contribution >= 4 is 11.9 Å². The SMILES string of the molecule is CC(C)[C@H]1c2nc(-c3ccccc3)nn2CCN1C(=O)CNC(N)=O. The average molecular weight is 342 g/mol. The predicted molar refractivity (Wildman–Crippen MR) is 92.3 cm³/mol. The number of rotatable bonds is 4. The van der Waals surface area contributed by atoms with Crippen LogP contribution >= 0.6 is 0 Å². The minimum absolute atomic E-state index is 0.113. The van der Waals surface area contributed by atoms with Crippen LogP contribution in [-0.4, -0.2) is 44.7 Å². The summed E-state index contributed by atoms with van der Waals surface area (Å²) < 4.78 is 1.87. The highest BCUT2D eigenvalue weighted by Gasteiger charge is 2.35. The summed E-state index contributed by atoms with van der Waals surface area (Å²) >= 11 is 0. The van der Waals surface area contributed by atoms with Gasteiger partial charge in [-0.1, -0.05) is 44.2 Å². The summed E-state index contributed by atoms with van der Waals surface area (Å²) in [7, 11) is 0. The number of amides is 3. The molecule has 0 unspecified atom stereocenters. The van der Waals surface area contributed by atoms with Crippen LogP contribution < -0.4 is 11.1 Å². The molecule has 3 amide bonds. The van der Waals surface area contributed by atoms with E-state index < -0.39 is 6.03 Å². The molecule has 0 radical (unpaired) electrons. The van der Waals surface area contributed by atoms with Gasteiger partial charge in [-0.25, -0.2) is 14.5 Å². The van der Waals surface area contributed by atoms with Gasteiger partial charge in [0.25, 0.3) is 0 Å². The molecule has 2 heterocycles. The molecule has 0 bridgehead atoms. The van der Waals surface area contributed by atoms with Gasteiger partial charge in [0.15, 0.2) is 11.6 Å². The first-order chi connectivity index (χ1) is 12.0. The lowest BCUT2D eigenvalue weighted by Gasteiger charge is -2.37. The van der Waals surface area contributed by atoms with E-state index >= 15 is 0 Å². The summed E-state index contributed by atoms with van der Waals surface area (Å²) in [5.74, 6) is 1.41. The average Bonchev–Trinajstić information content (AvgIpc) is 3.03. The van der Waals surface area contributed by atoms with E-state index in [0.717, 1.165) is 11.4 Å². The quantitative estimate of drug-likeness (QED) is 0.869. The highest BCUT2D eigenvalue weighted by molar-refractivity contribution is 5.83.